The van der Waals surface area contributed by atoms with Crippen LogP contribution in [0.3, 0.4) is 0 Å². The van der Waals surface area contributed by atoms with E-state index in [0.717, 1.165) is 77.0 Å². The highest BCUT2D eigenvalue weighted by Gasteiger charge is 2.18. The van der Waals surface area contributed by atoms with Crippen LogP contribution < -0.4 is 5.32 Å². The minimum Gasteiger partial charge on any atom is -0.466 e. The van der Waals surface area contributed by atoms with Crippen molar-refractivity contribution in [3.63, 3.8) is 0 Å². The molecule has 6 heteroatoms. The monoisotopic (exact) mass is 772 g/mol. The molecule has 0 radical (unpaired) electrons. The summed E-state index contributed by atoms with van der Waals surface area (Å²) in [4.78, 5) is 24.3. The van der Waals surface area contributed by atoms with Crippen LogP contribution in [-0.2, 0) is 14.3 Å². The van der Waals surface area contributed by atoms with Crippen molar-refractivity contribution in [3.8, 4) is 0 Å². The topological polar surface area (TPSA) is 95.9 Å². The number of rotatable bonds is 42. The van der Waals surface area contributed by atoms with Gasteiger partial charge in [0.05, 0.1) is 25.4 Å². The first-order valence-electron chi connectivity index (χ1n) is 23.4. The summed E-state index contributed by atoms with van der Waals surface area (Å²) in [6.07, 6.45) is 53.9. The number of allylic oxidation sites excluding steroid dienone is 7. The van der Waals surface area contributed by atoms with E-state index in [-0.39, 0.29) is 18.5 Å². The van der Waals surface area contributed by atoms with Crippen molar-refractivity contribution >= 4 is 11.9 Å². The zero-order valence-electron chi connectivity index (χ0n) is 36.1. The number of hydrogen-bond acceptors (Lipinski definition) is 5. The van der Waals surface area contributed by atoms with Gasteiger partial charge in [-0.3, -0.25) is 9.59 Å². The average molecular weight is 772 g/mol. The molecule has 0 saturated heterocycles. The number of unbranched alkanes of at least 4 members (excludes halogenated alkanes) is 26. The Bertz CT molecular complexity index is 942. The van der Waals surface area contributed by atoms with Crippen LogP contribution in [0.2, 0.25) is 0 Å². The molecule has 0 saturated carbocycles. The lowest BCUT2D eigenvalue weighted by atomic mass is 10.1. The van der Waals surface area contributed by atoms with E-state index in [4.69, 9.17) is 4.74 Å². The van der Waals surface area contributed by atoms with Gasteiger partial charge in [-0.25, -0.2) is 0 Å². The zero-order chi connectivity index (χ0) is 40.1. The molecule has 0 heterocycles. The summed E-state index contributed by atoms with van der Waals surface area (Å²) < 4.78 is 5.42. The Morgan fingerprint density at radius 1 is 0.509 bits per heavy atom. The summed E-state index contributed by atoms with van der Waals surface area (Å²) >= 11 is 0. The molecular formula is C49H89NO5. The maximum atomic E-state index is 12.3. The van der Waals surface area contributed by atoms with Crippen LogP contribution >= 0.6 is 0 Å². The fraction of sp³-hybridized carbons (Fsp3) is 0.796. The fourth-order valence-corrected chi connectivity index (χ4v) is 6.67. The fourth-order valence-electron chi connectivity index (χ4n) is 6.67. The second-order valence-electron chi connectivity index (χ2n) is 15.8. The number of amides is 1. The number of ether oxygens (including phenoxy) is 1. The van der Waals surface area contributed by atoms with Crippen molar-refractivity contribution in [1.29, 1.82) is 0 Å². The van der Waals surface area contributed by atoms with Gasteiger partial charge in [0.1, 0.15) is 0 Å². The Hall–Kier alpha value is -2.18. The molecule has 0 aromatic rings. The van der Waals surface area contributed by atoms with Gasteiger partial charge in [-0.05, 0) is 89.9 Å². The van der Waals surface area contributed by atoms with Crippen LogP contribution in [0.15, 0.2) is 48.6 Å². The van der Waals surface area contributed by atoms with E-state index in [2.05, 4.69) is 55.6 Å². The average Bonchev–Trinajstić information content (AvgIpc) is 3.18. The van der Waals surface area contributed by atoms with E-state index in [0.29, 0.717) is 19.4 Å². The largest absolute Gasteiger partial charge is 0.466 e. The Kier molecular flexibility index (Phi) is 42.8. The Labute approximate surface area is 340 Å². The Morgan fingerprint density at radius 2 is 0.909 bits per heavy atom. The molecule has 0 bridgehead atoms. The third kappa shape index (κ3) is 41.3. The van der Waals surface area contributed by atoms with Gasteiger partial charge in [-0.2, -0.15) is 0 Å². The first-order valence-corrected chi connectivity index (χ1v) is 23.4. The van der Waals surface area contributed by atoms with E-state index in [1.54, 1.807) is 6.08 Å². The predicted octanol–water partition coefficient (Wildman–Crippen LogP) is 13.5. The standard InChI is InChI=1S/C49H89NO5/c1-3-5-7-9-11-13-14-15-20-23-27-31-35-39-43-49(54)55-44-40-36-32-28-24-21-18-16-17-19-22-26-30-34-38-42-48(53)50-46(45-51)47(52)41-37-33-29-25-12-10-8-6-4-2/h14-16,18,21,24,37,41,46-47,51-52H,3-13,17,19-20,22-23,25-36,38-40,42-45H2,1-2H3,(H,50,53)/b15-14-,18-16-,24-21-,41-37+. The van der Waals surface area contributed by atoms with E-state index >= 15 is 0 Å². The minimum atomic E-state index is -0.857. The molecule has 55 heavy (non-hydrogen) atoms. The molecule has 6 nitrogen and oxygen atoms in total. The molecule has 2 unspecified atom stereocenters. The van der Waals surface area contributed by atoms with Gasteiger partial charge in [0.2, 0.25) is 5.91 Å². The summed E-state index contributed by atoms with van der Waals surface area (Å²) in [5.41, 5.74) is 0. The number of carbonyl (C=O) groups excluding carboxylic acids is 2. The van der Waals surface area contributed by atoms with Crippen molar-refractivity contribution in [2.75, 3.05) is 13.2 Å². The van der Waals surface area contributed by atoms with Gasteiger partial charge in [-0.1, -0.05) is 172 Å². The van der Waals surface area contributed by atoms with Crippen molar-refractivity contribution in [2.24, 2.45) is 0 Å². The zero-order valence-corrected chi connectivity index (χ0v) is 36.1. The van der Waals surface area contributed by atoms with Crippen LogP contribution in [0.4, 0.5) is 0 Å². The molecule has 320 valence electrons. The molecule has 0 spiro atoms. The Balaban J connectivity index is 3.55. The van der Waals surface area contributed by atoms with Gasteiger partial charge in [0.25, 0.3) is 0 Å². The Morgan fingerprint density at radius 3 is 1.40 bits per heavy atom. The molecule has 0 rings (SSSR count). The molecule has 2 atom stereocenters. The van der Waals surface area contributed by atoms with Crippen molar-refractivity contribution in [3.05, 3.63) is 48.6 Å². The van der Waals surface area contributed by atoms with E-state index in [9.17, 15) is 19.8 Å². The minimum absolute atomic E-state index is 0.0330. The smallest absolute Gasteiger partial charge is 0.305 e. The second-order valence-corrected chi connectivity index (χ2v) is 15.8. The molecular weight excluding hydrogens is 683 g/mol. The number of esters is 1. The lowest BCUT2D eigenvalue weighted by molar-refractivity contribution is -0.143. The van der Waals surface area contributed by atoms with Crippen LogP contribution in [0.25, 0.3) is 0 Å². The highest BCUT2D eigenvalue weighted by molar-refractivity contribution is 5.76. The number of carbonyl (C=O) groups is 2. The van der Waals surface area contributed by atoms with Gasteiger partial charge in [0.15, 0.2) is 0 Å². The van der Waals surface area contributed by atoms with Crippen LogP contribution in [0.1, 0.15) is 226 Å². The molecule has 1 amide bonds. The van der Waals surface area contributed by atoms with Gasteiger partial charge in [0, 0.05) is 12.8 Å². The lowest BCUT2D eigenvalue weighted by Crippen LogP contribution is -2.45. The van der Waals surface area contributed by atoms with Gasteiger partial charge < -0.3 is 20.3 Å². The van der Waals surface area contributed by atoms with Crippen molar-refractivity contribution in [2.45, 2.75) is 238 Å². The van der Waals surface area contributed by atoms with Gasteiger partial charge >= 0.3 is 5.97 Å². The van der Waals surface area contributed by atoms with E-state index < -0.39 is 12.1 Å². The van der Waals surface area contributed by atoms with Crippen molar-refractivity contribution in [1.82, 2.24) is 5.32 Å². The molecule has 0 aromatic carbocycles. The maximum absolute atomic E-state index is 12.3. The SMILES string of the molecule is CCCCCCC/C=C\CCCCCCCC(=O)OCCCCC/C=C\C=C/CCCCCCCCC(=O)NC(CO)C(O)/C=C/CCCCCCCCC. The third-order valence-corrected chi connectivity index (χ3v) is 10.3. The molecule has 0 fully saturated rings. The molecule has 0 aromatic heterocycles. The molecule has 0 aliphatic rings. The second kappa shape index (κ2) is 44.5. The quantitative estimate of drug-likeness (QED) is 0.0249. The van der Waals surface area contributed by atoms with Crippen molar-refractivity contribution < 1.29 is 24.5 Å². The normalized spacial score (nSPS) is 13.2. The maximum Gasteiger partial charge on any atom is 0.305 e. The first kappa shape index (κ1) is 52.8. The highest BCUT2D eigenvalue weighted by Crippen LogP contribution is 2.13. The third-order valence-electron chi connectivity index (χ3n) is 10.3. The molecule has 3 N–H and O–H groups in total. The summed E-state index contributed by atoms with van der Waals surface area (Å²) in [5.74, 6) is -0.129. The van der Waals surface area contributed by atoms with Crippen LogP contribution in [-0.4, -0.2) is 47.4 Å². The number of aliphatic hydroxyl groups is 2. The number of nitrogens with one attached hydrogen (secondary N) is 1. The number of aliphatic hydroxyl groups excluding tert-OH is 2. The first-order chi connectivity index (χ1) is 27.0. The molecule has 0 aliphatic carbocycles. The summed E-state index contributed by atoms with van der Waals surface area (Å²) in [5, 5.41) is 22.8. The highest BCUT2D eigenvalue weighted by atomic mass is 16.5. The van der Waals surface area contributed by atoms with Gasteiger partial charge in [-0.15, -0.1) is 0 Å². The van der Waals surface area contributed by atoms with E-state index in [1.165, 1.54) is 122 Å². The molecule has 0 aliphatic heterocycles. The number of hydrogen-bond donors (Lipinski definition) is 3. The predicted molar refractivity (Wildman–Crippen MR) is 236 cm³/mol. The summed E-state index contributed by atoms with van der Waals surface area (Å²) in [6.45, 7) is 4.78. The summed E-state index contributed by atoms with van der Waals surface area (Å²) in [7, 11) is 0. The van der Waals surface area contributed by atoms with E-state index in [1.807, 2.05) is 6.08 Å². The summed E-state index contributed by atoms with van der Waals surface area (Å²) in [6, 6.07) is -0.643. The lowest BCUT2D eigenvalue weighted by Gasteiger charge is -2.20. The van der Waals surface area contributed by atoms with Crippen LogP contribution in [0.5, 0.6) is 0 Å². The van der Waals surface area contributed by atoms with Crippen LogP contribution in [0, 0.1) is 0 Å².